The molecule has 24 heavy (non-hydrogen) atoms. The van der Waals surface area contributed by atoms with Crippen molar-refractivity contribution < 1.29 is 0 Å². The predicted molar refractivity (Wildman–Crippen MR) is 99.2 cm³/mol. The fourth-order valence-corrected chi connectivity index (χ4v) is 2.91. The van der Waals surface area contributed by atoms with Crippen LogP contribution in [-0.2, 0) is 0 Å². The van der Waals surface area contributed by atoms with Gasteiger partial charge in [-0.15, -0.1) is 0 Å². The van der Waals surface area contributed by atoms with Gasteiger partial charge >= 0.3 is 0 Å². The van der Waals surface area contributed by atoms with Crippen molar-refractivity contribution in [3.05, 3.63) is 96.7 Å². The van der Waals surface area contributed by atoms with Crippen molar-refractivity contribution in [1.82, 2.24) is 9.55 Å². The van der Waals surface area contributed by atoms with E-state index < -0.39 is 0 Å². The second-order valence-corrected chi connectivity index (χ2v) is 5.87. The first kappa shape index (κ1) is 14.5. The zero-order valence-corrected chi connectivity index (χ0v) is 13.6. The maximum atomic E-state index is 4.72. The van der Waals surface area contributed by atoms with Crippen molar-refractivity contribution >= 4 is 0 Å². The van der Waals surface area contributed by atoms with E-state index in [0.717, 1.165) is 22.8 Å². The summed E-state index contributed by atoms with van der Waals surface area (Å²) in [5.74, 6) is 0.956. The molecule has 0 saturated carbocycles. The summed E-state index contributed by atoms with van der Waals surface area (Å²) < 4.78 is 2.22. The Bertz CT molecular complexity index is 936. The number of aryl methyl sites for hydroxylation is 1. The van der Waals surface area contributed by atoms with Gasteiger partial charge in [0.05, 0.1) is 11.9 Å². The zero-order chi connectivity index (χ0) is 16.4. The van der Waals surface area contributed by atoms with Crippen LogP contribution in [0.15, 0.2) is 91.1 Å². The number of aromatic nitrogens is 2. The van der Waals surface area contributed by atoms with Crippen LogP contribution in [0.5, 0.6) is 0 Å². The average Bonchev–Trinajstić information content (AvgIpc) is 3.09. The molecule has 0 aliphatic heterocycles. The summed E-state index contributed by atoms with van der Waals surface area (Å²) >= 11 is 0. The molecule has 0 aliphatic rings. The van der Waals surface area contributed by atoms with E-state index in [4.69, 9.17) is 4.98 Å². The van der Waals surface area contributed by atoms with E-state index in [-0.39, 0.29) is 0 Å². The molecule has 1 aromatic heterocycles. The first-order valence-corrected chi connectivity index (χ1v) is 8.08. The van der Waals surface area contributed by atoms with Gasteiger partial charge in [-0.2, -0.15) is 0 Å². The summed E-state index contributed by atoms with van der Waals surface area (Å²) in [6, 6.07) is 29.3. The second-order valence-electron chi connectivity index (χ2n) is 5.87. The molecule has 3 aromatic carbocycles. The van der Waals surface area contributed by atoms with Crippen LogP contribution in [0.3, 0.4) is 0 Å². The molecular weight excluding hydrogens is 292 g/mol. The zero-order valence-electron chi connectivity index (χ0n) is 13.6. The molecule has 0 amide bonds. The maximum absolute atomic E-state index is 4.72. The largest absolute Gasteiger partial charge is 0.292 e. The lowest BCUT2D eigenvalue weighted by atomic mass is 10.1. The van der Waals surface area contributed by atoms with Gasteiger partial charge in [-0.25, -0.2) is 4.98 Å². The van der Waals surface area contributed by atoms with E-state index in [1.54, 1.807) is 0 Å². The van der Waals surface area contributed by atoms with Crippen LogP contribution in [0, 0.1) is 6.92 Å². The van der Waals surface area contributed by atoms with Crippen LogP contribution < -0.4 is 0 Å². The summed E-state index contributed by atoms with van der Waals surface area (Å²) in [7, 11) is 0. The minimum absolute atomic E-state index is 0.956. The summed E-state index contributed by atoms with van der Waals surface area (Å²) in [4.78, 5) is 4.72. The second kappa shape index (κ2) is 6.17. The van der Waals surface area contributed by atoms with Gasteiger partial charge in [-0.1, -0.05) is 78.4 Å². The summed E-state index contributed by atoms with van der Waals surface area (Å²) in [6.07, 6.45) is 1.96. The van der Waals surface area contributed by atoms with Gasteiger partial charge in [0.2, 0.25) is 0 Å². The van der Waals surface area contributed by atoms with Crippen molar-refractivity contribution in [2.24, 2.45) is 0 Å². The van der Waals surface area contributed by atoms with E-state index in [1.165, 1.54) is 11.1 Å². The van der Waals surface area contributed by atoms with Crippen LogP contribution in [-0.4, -0.2) is 9.55 Å². The summed E-state index contributed by atoms with van der Waals surface area (Å²) in [6.45, 7) is 2.10. The van der Waals surface area contributed by atoms with E-state index in [1.807, 2.05) is 30.5 Å². The quantitative estimate of drug-likeness (QED) is 0.487. The lowest BCUT2D eigenvalue weighted by molar-refractivity contribution is 1.07. The Morgan fingerprint density at radius 3 is 1.96 bits per heavy atom. The summed E-state index contributed by atoms with van der Waals surface area (Å²) in [5.41, 5.74) is 5.75. The van der Waals surface area contributed by atoms with Gasteiger partial charge in [-0.05, 0) is 19.1 Å². The Morgan fingerprint density at radius 2 is 1.29 bits per heavy atom. The first-order chi connectivity index (χ1) is 11.8. The third-order valence-electron chi connectivity index (χ3n) is 4.16. The van der Waals surface area contributed by atoms with Crippen LogP contribution >= 0.6 is 0 Å². The highest BCUT2D eigenvalue weighted by atomic mass is 15.1. The molecule has 0 spiro atoms. The molecule has 2 nitrogen and oxygen atoms in total. The van der Waals surface area contributed by atoms with Gasteiger partial charge in [0.15, 0.2) is 0 Å². The van der Waals surface area contributed by atoms with Gasteiger partial charge < -0.3 is 0 Å². The van der Waals surface area contributed by atoms with E-state index >= 15 is 0 Å². The molecular formula is C22H18N2. The Hall–Kier alpha value is -3.13. The molecule has 116 valence electrons. The Balaban J connectivity index is 1.95. The topological polar surface area (TPSA) is 17.8 Å². The van der Waals surface area contributed by atoms with E-state index in [9.17, 15) is 0 Å². The first-order valence-electron chi connectivity index (χ1n) is 8.08. The lowest BCUT2D eigenvalue weighted by Crippen LogP contribution is -1.99. The minimum Gasteiger partial charge on any atom is -0.292 e. The Morgan fingerprint density at radius 1 is 0.667 bits per heavy atom. The van der Waals surface area contributed by atoms with Gasteiger partial charge in [-0.3, -0.25) is 4.57 Å². The van der Waals surface area contributed by atoms with Crippen molar-refractivity contribution in [1.29, 1.82) is 0 Å². The lowest BCUT2D eigenvalue weighted by Gasteiger charge is -2.12. The molecule has 1 heterocycles. The SMILES string of the molecule is Cc1ccc(-c2cnc(-c3ccccc3)n2-c2ccccc2)cc1. The summed E-state index contributed by atoms with van der Waals surface area (Å²) in [5, 5.41) is 0. The Kier molecular flexibility index (Phi) is 3.72. The van der Waals surface area contributed by atoms with E-state index in [0.29, 0.717) is 0 Å². The smallest absolute Gasteiger partial charge is 0.144 e. The van der Waals surface area contributed by atoms with Crippen molar-refractivity contribution in [3.63, 3.8) is 0 Å². The molecule has 4 rings (SSSR count). The third kappa shape index (κ3) is 2.63. The number of para-hydroxylation sites is 1. The van der Waals surface area contributed by atoms with Gasteiger partial charge in [0.1, 0.15) is 5.82 Å². The molecule has 0 bridgehead atoms. The van der Waals surface area contributed by atoms with Gasteiger partial charge in [0.25, 0.3) is 0 Å². The molecule has 4 aromatic rings. The minimum atomic E-state index is 0.956. The number of hydrogen-bond donors (Lipinski definition) is 0. The maximum Gasteiger partial charge on any atom is 0.144 e. The molecule has 0 unspecified atom stereocenters. The Labute approximate surface area is 142 Å². The third-order valence-corrected chi connectivity index (χ3v) is 4.16. The van der Waals surface area contributed by atoms with Crippen LogP contribution in [0.4, 0.5) is 0 Å². The van der Waals surface area contributed by atoms with Crippen LogP contribution in [0.1, 0.15) is 5.56 Å². The predicted octanol–water partition coefficient (Wildman–Crippen LogP) is 5.51. The number of nitrogens with zero attached hydrogens (tertiary/aromatic N) is 2. The van der Waals surface area contributed by atoms with Crippen molar-refractivity contribution in [3.8, 4) is 28.3 Å². The highest BCUT2D eigenvalue weighted by molar-refractivity contribution is 5.69. The highest BCUT2D eigenvalue weighted by Crippen LogP contribution is 2.30. The normalized spacial score (nSPS) is 10.7. The van der Waals surface area contributed by atoms with E-state index in [2.05, 4.69) is 72.2 Å². The standard InChI is InChI=1S/C22H18N2/c1-17-12-14-18(15-13-17)21-16-23-22(19-8-4-2-5-9-19)24(21)20-10-6-3-7-11-20/h2-16H,1H3. The van der Waals surface area contributed by atoms with Gasteiger partial charge in [0, 0.05) is 16.8 Å². The van der Waals surface area contributed by atoms with Crippen LogP contribution in [0.2, 0.25) is 0 Å². The molecule has 0 radical (unpaired) electrons. The fraction of sp³-hybridized carbons (Fsp3) is 0.0455. The fourth-order valence-electron chi connectivity index (χ4n) is 2.91. The molecule has 0 N–H and O–H groups in total. The number of benzene rings is 3. The molecule has 2 heteroatoms. The highest BCUT2D eigenvalue weighted by Gasteiger charge is 2.14. The number of rotatable bonds is 3. The average molecular weight is 310 g/mol. The number of hydrogen-bond acceptors (Lipinski definition) is 1. The van der Waals surface area contributed by atoms with Crippen LogP contribution in [0.25, 0.3) is 28.3 Å². The monoisotopic (exact) mass is 310 g/mol. The molecule has 0 saturated heterocycles. The van der Waals surface area contributed by atoms with Crippen molar-refractivity contribution in [2.75, 3.05) is 0 Å². The number of imidazole rings is 1. The molecule has 0 atom stereocenters. The molecule has 0 aliphatic carbocycles. The van der Waals surface area contributed by atoms with Crippen molar-refractivity contribution in [2.45, 2.75) is 6.92 Å². The molecule has 0 fully saturated rings.